The molecule has 22 heavy (non-hydrogen) atoms. The smallest absolute Gasteiger partial charge is 0.188 e. The first-order valence-electron chi connectivity index (χ1n) is 6.12. The molecule has 0 aliphatic rings. The normalized spacial score (nSPS) is 11.4. The zero-order valence-electron chi connectivity index (χ0n) is 11.4. The highest BCUT2D eigenvalue weighted by molar-refractivity contribution is 8.02. The zero-order valence-corrected chi connectivity index (χ0v) is 13.0. The number of nitrogens with one attached hydrogen (secondary N) is 1. The number of aromatic nitrogens is 1. The van der Waals surface area contributed by atoms with Gasteiger partial charge in [-0.25, -0.2) is 13.8 Å². The molecule has 1 aromatic heterocycles. The van der Waals surface area contributed by atoms with Crippen molar-refractivity contribution in [3.63, 3.8) is 0 Å². The number of carbonyl (C=O) groups is 1. The van der Waals surface area contributed by atoms with Crippen LogP contribution >= 0.6 is 23.4 Å². The van der Waals surface area contributed by atoms with Gasteiger partial charge in [0.1, 0.15) is 16.8 Å². The molecule has 0 fully saturated rings. The molecule has 2 rings (SSSR count). The maximum Gasteiger partial charge on any atom is 0.188 e. The maximum absolute atomic E-state index is 13.2. The lowest BCUT2D eigenvalue weighted by atomic mass is 10.2. The molecule has 7 heteroatoms. The summed E-state index contributed by atoms with van der Waals surface area (Å²) in [5, 5.41) is 3.46. The second kappa shape index (κ2) is 7.38. The van der Waals surface area contributed by atoms with Gasteiger partial charge in [-0.2, -0.15) is 0 Å². The molecule has 0 radical (unpaired) electrons. The number of anilines is 1. The summed E-state index contributed by atoms with van der Waals surface area (Å²) in [6.07, 6.45) is 4.50. The SMILES string of the molecule is CS/C(=C\C(=O)c1ccnc(Cl)c1)Nc1cc(F)cc(F)c1. The zero-order chi connectivity index (χ0) is 16.1. The second-order valence-electron chi connectivity index (χ2n) is 4.23. The first kappa shape index (κ1) is 16.5. The van der Waals surface area contributed by atoms with Crippen LogP contribution in [0, 0.1) is 11.6 Å². The Balaban J connectivity index is 2.21. The van der Waals surface area contributed by atoms with Crippen LogP contribution in [0.4, 0.5) is 14.5 Å². The molecular formula is C15H11ClF2N2OS. The summed E-state index contributed by atoms with van der Waals surface area (Å²) in [6.45, 7) is 0. The van der Waals surface area contributed by atoms with Gasteiger partial charge in [0.2, 0.25) is 0 Å². The Bertz CT molecular complexity index is 717. The number of allylic oxidation sites excluding steroid dienone is 1. The van der Waals surface area contributed by atoms with Gasteiger partial charge in [0.05, 0.1) is 5.03 Å². The van der Waals surface area contributed by atoms with Gasteiger partial charge < -0.3 is 5.32 Å². The van der Waals surface area contributed by atoms with E-state index in [4.69, 9.17) is 11.6 Å². The molecule has 0 atom stereocenters. The molecule has 114 valence electrons. The van der Waals surface area contributed by atoms with Crippen molar-refractivity contribution < 1.29 is 13.6 Å². The first-order chi connectivity index (χ1) is 10.5. The van der Waals surface area contributed by atoms with Crippen LogP contribution in [-0.2, 0) is 0 Å². The van der Waals surface area contributed by atoms with Crippen LogP contribution in [0.15, 0.2) is 47.6 Å². The number of hydrogen-bond acceptors (Lipinski definition) is 4. The summed E-state index contributed by atoms with van der Waals surface area (Å²) < 4.78 is 26.3. The Labute approximate surface area is 135 Å². The minimum absolute atomic E-state index is 0.213. The minimum atomic E-state index is -0.699. The highest BCUT2D eigenvalue weighted by Gasteiger charge is 2.07. The number of benzene rings is 1. The number of hydrogen-bond donors (Lipinski definition) is 1. The molecule has 0 saturated heterocycles. The molecule has 1 heterocycles. The topological polar surface area (TPSA) is 42.0 Å². The van der Waals surface area contributed by atoms with E-state index in [2.05, 4.69) is 10.3 Å². The molecule has 0 spiro atoms. The number of carbonyl (C=O) groups excluding carboxylic acids is 1. The van der Waals surface area contributed by atoms with E-state index >= 15 is 0 Å². The van der Waals surface area contributed by atoms with E-state index < -0.39 is 11.6 Å². The molecule has 0 aliphatic carbocycles. The van der Waals surface area contributed by atoms with Crippen LogP contribution in [0.2, 0.25) is 5.15 Å². The Morgan fingerprint density at radius 1 is 1.27 bits per heavy atom. The van der Waals surface area contributed by atoms with E-state index in [-0.39, 0.29) is 16.6 Å². The lowest BCUT2D eigenvalue weighted by Gasteiger charge is -2.09. The summed E-state index contributed by atoms with van der Waals surface area (Å²) in [7, 11) is 0. The fourth-order valence-electron chi connectivity index (χ4n) is 1.67. The van der Waals surface area contributed by atoms with Gasteiger partial charge in [-0.3, -0.25) is 4.79 Å². The van der Waals surface area contributed by atoms with Crippen molar-refractivity contribution in [1.82, 2.24) is 4.98 Å². The van der Waals surface area contributed by atoms with E-state index in [1.165, 1.54) is 36.2 Å². The lowest BCUT2D eigenvalue weighted by molar-refractivity contribution is 0.104. The van der Waals surface area contributed by atoms with Gasteiger partial charge in [-0.1, -0.05) is 11.6 Å². The lowest BCUT2D eigenvalue weighted by Crippen LogP contribution is -2.02. The second-order valence-corrected chi connectivity index (χ2v) is 5.46. The van der Waals surface area contributed by atoms with Crippen LogP contribution < -0.4 is 5.32 Å². The Kier molecular flexibility index (Phi) is 5.51. The van der Waals surface area contributed by atoms with Crippen LogP contribution in [0.3, 0.4) is 0 Å². The van der Waals surface area contributed by atoms with Gasteiger partial charge >= 0.3 is 0 Å². The number of halogens is 3. The third kappa shape index (κ3) is 4.54. The van der Waals surface area contributed by atoms with Gasteiger partial charge in [-0.15, -0.1) is 11.8 Å². The number of rotatable bonds is 5. The van der Waals surface area contributed by atoms with Crippen molar-refractivity contribution in [3.8, 4) is 0 Å². The molecule has 1 aromatic carbocycles. The van der Waals surface area contributed by atoms with Gasteiger partial charge in [0.25, 0.3) is 0 Å². The van der Waals surface area contributed by atoms with Crippen LogP contribution in [0.5, 0.6) is 0 Å². The van der Waals surface area contributed by atoms with Gasteiger partial charge in [0.15, 0.2) is 5.78 Å². The Morgan fingerprint density at radius 2 is 1.95 bits per heavy atom. The third-order valence-corrected chi connectivity index (χ3v) is 3.49. The van der Waals surface area contributed by atoms with Crippen molar-refractivity contribution in [3.05, 3.63) is 70.0 Å². The predicted octanol–water partition coefficient (Wildman–Crippen LogP) is 4.51. The largest absolute Gasteiger partial charge is 0.350 e. The Hall–Kier alpha value is -1.92. The summed E-state index contributed by atoms with van der Waals surface area (Å²) in [5.41, 5.74) is 0.595. The quantitative estimate of drug-likeness (QED) is 0.494. The van der Waals surface area contributed by atoms with E-state index in [1.807, 2.05) is 0 Å². The number of ketones is 1. The average Bonchev–Trinajstić information content (AvgIpc) is 2.45. The molecule has 0 aliphatic heterocycles. The predicted molar refractivity (Wildman–Crippen MR) is 85.2 cm³/mol. The van der Waals surface area contributed by atoms with E-state index in [1.54, 1.807) is 6.26 Å². The summed E-state index contributed by atoms with van der Waals surface area (Å²) in [5.74, 6) is -1.69. The fraction of sp³-hybridized carbons (Fsp3) is 0.0667. The number of nitrogens with zero attached hydrogens (tertiary/aromatic N) is 1. The van der Waals surface area contributed by atoms with E-state index in [0.29, 0.717) is 10.6 Å². The van der Waals surface area contributed by atoms with E-state index in [9.17, 15) is 13.6 Å². The summed E-state index contributed by atoms with van der Waals surface area (Å²) in [4.78, 5) is 15.9. The van der Waals surface area contributed by atoms with E-state index in [0.717, 1.165) is 18.2 Å². The highest BCUT2D eigenvalue weighted by atomic mass is 35.5. The Morgan fingerprint density at radius 3 is 2.55 bits per heavy atom. The molecule has 0 unspecified atom stereocenters. The van der Waals surface area contributed by atoms with Gasteiger partial charge in [-0.05, 0) is 30.5 Å². The third-order valence-electron chi connectivity index (χ3n) is 2.62. The molecule has 0 amide bonds. The van der Waals surface area contributed by atoms with Crippen molar-refractivity contribution in [2.24, 2.45) is 0 Å². The minimum Gasteiger partial charge on any atom is -0.350 e. The molecule has 0 saturated carbocycles. The highest BCUT2D eigenvalue weighted by Crippen LogP contribution is 2.20. The molecule has 3 nitrogen and oxygen atoms in total. The van der Waals surface area contributed by atoms with Crippen LogP contribution in [0.1, 0.15) is 10.4 Å². The maximum atomic E-state index is 13.2. The van der Waals surface area contributed by atoms with Crippen molar-refractivity contribution in [2.75, 3.05) is 11.6 Å². The monoisotopic (exact) mass is 340 g/mol. The molecule has 1 N–H and O–H groups in total. The summed E-state index contributed by atoms with van der Waals surface area (Å²) in [6, 6.07) is 6.03. The molecule has 0 bridgehead atoms. The standard InChI is InChI=1S/C15H11ClF2N2OS/c1-22-15(20-12-6-10(17)5-11(18)7-12)8-13(21)9-2-3-19-14(16)4-9/h2-8,20H,1H3/b15-8-. The van der Waals surface area contributed by atoms with Crippen molar-refractivity contribution in [2.45, 2.75) is 0 Å². The molecule has 2 aromatic rings. The number of thioether (sulfide) groups is 1. The van der Waals surface area contributed by atoms with Crippen molar-refractivity contribution >= 4 is 34.8 Å². The average molecular weight is 341 g/mol. The van der Waals surface area contributed by atoms with Crippen LogP contribution in [0.25, 0.3) is 0 Å². The first-order valence-corrected chi connectivity index (χ1v) is 7.73. The fourth-order valence-corrected chi connectivity index (χ4v) is 2.29. The van der Waals surface area contributed by atoms with Crippen molar-refractivity contribution in [1.29, 1.82) is 0 Å². The summed E-state index contributed by atoms with van der Waals surface area (Å²) >= 11 is 6.98. The van der Waals surface area contributed by atoms with Crippen LogP contribution in [-0.4, -0.2) is 17.0 Å². The molecular weight excluding hydrogens is 330 g/mol. The van der Waals surface area contributed by atoms with Gasteiger partial charge in [0, 0.05) is 29.6 Å². The number of pyridine rings is 1.